The zero-order valence-corrected chi connectivity index (χ0v) is 12.8. The quantitative estimate of drug-likeness (QED) is 0.764. The minimum atomic E-state index is -0.174. The van der Waals surface area contributed by atoms with E-state index in [-0.39, 0.29) is 5.91 Å². The van der Waals surface area contributed by atoms with Crippen molar-refractivity contribution in [2.45, 2.75) is 25.4 Å². The van der Waals surface area contributed by atoms with E-state index in [0.29, 0.717) is 18.2 Å². The van der Waals surface area contributed by atoms with Gasteiger partial charge in [-0.3, -0.25) is 9.48 Å². The summed E-state index contributed by atoms with van der Waals surface area (Å²) in [5.74, 6) is 1.34. The standard InChI is InChI=1S/C15H17N7O/c1-20-15(21-6-2-3-7-21)12(8-18-20)14(23)16-9-13-19-17-10-22(13)11-4-5-11/h2-3,6-8,10-11H,4-5,9H2,1H3,(H,16,23). The molecule has 0 aliphatic heterocycles. The van der Waals surface area contributed by atoms with Crippen molar-refractivity contribution >= 4 is 5.91 Å². The zero-order chi connectivity index (χ0) is 15.8. The minimum absolute atomic E-state index is 0.174. The van der Waals surface area contributed by atoms with Crippen molar-refractivity contribution in [2.24, 2.45) is 7.05 Å². The molecule has 0 saturated heterocycles. The maximum absolute atomic E-state index is 12.5. The lowest BCUT2D eigenvalue weighted by atomic mass is 10.3. The molecule has 0 unspecified atom stereocenters. The molecule has 1 aliphatic carbocycles. The average Bonchev–Trinajstić information content (AvgIpc) is 2.95. The van der Waals surface area contributed by atoms with Crippen LogP contribution < -0.4 is 5.32 Å². The first-order chi connectivity index (χ1) is 11.2. The number of carbonyl (C=O) groups excluding carboxylic acids is 1. The monoisotopic (exact) mass is 311 g/mol. The molecule has 4 rings (SSSR count). The van der Waals surface area contributed by atoms with Gasteiger partial charge in [-0.15, -0.1) is 10.2 Å². The number of nitrogens with one attached hydrogen (secondary N) is 1. The number of carbonyl (C=O) groups is 1. The fourth-order valence-corrected chi connectivity index (χ4v) is 2.68. The molecule has 1 fully saturated rings. The fourth-order valence-electron chi connectivity index (χ4n) is 2.68. The molecule has 1 amide bonds. The average molecular weight is 311 g/mol. The van der Waals surface area contributed by atoms with E-state index >= 15 is 0 Å². The molecule has 3 aromatic rings. The second-order valence-corrected chi connectivity index (χ2v) is 5.66. The number of amides is 1. The van der Waals surface area contributed by atoms with E-state index in [1.54, 1.807) is 17.2 Å². The van der Waals surface area contributed by atoms with Crippen LogP contribution >= 0.6 is 0 Å². The molecule has 8 heteroatoms. The zero-order valence-electron chi connectivity index (χ0n) is 12.8. The summed E-state index contributed by atoms with van der Waals surface area (Å²) in [5, 5.41) is 15.1. The van der Waals surface area contributed by atoms with Gasteiger partial charge in [0.2, 0.25) is 0 Å². The molecule has 0 aromatic carbocycles. The molecule has 23 heavy (non-hydrogen) atoms. The van der Waals surface area contributed by atoms with Gasteiger partial charge in [0.05, 0.1) is 12.7 Å². The molecule has 8 nitrogen and oxygen atoms in total. The van der Waals surface area contributed by atoms with Crippen molar-refractivity contribution in [1.29, 1.82) is 0 Å². The lowest BCUT2D eigenvalue weighted by Crippen LogP contribution is -2.25. The van der Waals surface area contributed by atoms with Gasteiger partial charge in [-0.05, 0) is 25.0 Å². The smallest absolute Gasteiger partial charge is 0.257 e. The van der Waals surface area contributed by atoms with Gasteiger partial charge in [0.15, 0.2) is 5.82 Å². The summed E-state index contributed by atoms with van der Waals surface area (Å²) in [7, 11) is 1.82. The van der Waals surface area contributed by atoms with Gasteiger partial charge < -0.3 is 14.5 Å². The van der Waals surface area contributed by atoms with Crippen LogP contribution in [-0.2, 0) is 13.6 Å². The topological polar surface area (TPSA) is 82.6 Å². The van der Waals surface area contributed by atoms with Crippen molar-refractivity contribution < 1.29 is 4.79 Å². The first kappa shape index (κ1) is 13.7. The van der Waals surface area contributed by atoms with Crippen LogP contribution in [0.1, 0.15) is 35.1 Å². The number of hydrogen-bond donors (Lipinski definition) is 1. The summed E-state index contributed by atoms with van der Waals surface area (Å²) >= 11 is 0. The summed E-state index contributed by atoms with van der Waals surface area (Å²) in [4.78, 5) is 12.5. The first-order valence-corrected chi connectivity index (χ1v) is 7.56. The SMILES string of the molecule is Cn1ncc(C(=O)NCc2nncn2C2CC2)c1-n1cccc1. The van der Waals surface area contributed by atoms with E-state index in [2.05, 4.69) is 20.6 Å². The Bertz CT molecular complexity index is 826. The van der Waals surface area contributed by atoms with Crippen molar-refractivity contribution in [3.63, 3.8) is 0 Å². The van der Waals surface area contributed by atoms with Crippen molar-refractivity contribution in [1.82, 2.24) is 34.4 Å². The maximum Gasteiger partial charge on any atom is 0.257 e. The van der Waals surface area contributed by atoms with E-state index in [1.807, 2.05) is 40.7 Å². The molecular formula is C15H17N7O. The molecule has 0 atom stereocenters. The molecule has 0 bridgehead atoms. The predicted molar refractivity (Wildman–Crippen MR) is 82.0 cm³/mol. The van der Waals surface area contributed by atoms with Crippen LogP contribution in [0, 0.1) is 0 Å². The van der Waals surface area contributed by atoms with Gasteiger partial charge in [-0.2, -0.15) is 5.10 Å². The highest BCUT2D eigenvalue weighted by Gasteiger charge is 2.26. The minimum Gasteiger partial charge on any atom is -0.345 e. The van der Waals surface area contributed by atoms with Gasteiger partial charge in [0.1, 0.15) is 17.7 Å². The van der Waals surface area contributed by atoms with Crippen molar-refractivity contribution in [3.05, 3.63) is 48.4 Å². The van der Waals surface area contributed by atoms with Gasteiger partial charge in [0, 0.05) is 25.5 Å². The van der Waals surface area contributed by atoms with E-state index in [9.17, 15) is 4.79 Å². The van der Waals surface area contributed by atoms with Crippen LogP contribution in [0.25, 0.3) is 5.82 Å². The summed E-state index contributed by atoms with van der Waals surface area (Å²) < 4.78 is 5.59. The number of nitrogens with zero attached hydrogens (tertiary/aromatic N) is 6. The van der Waals surface area contributed by atoms with Crippen molar-refractivity contribution in [3.8, 4) is 5.82 Å². The predicted octanol–water partition coefficient (Wildman–Crippen LogP) is 1.07. The van der Waals surface area contributed by atoms with Crippen LogP contribution in [0.4, 0.5) is 0 Å². The van der Waals surface area contributed by atoms with Crippen LogP contribution in [0.15, 0.2) is 37.1 Å². The molecule has 3 heterocycles. The summed E-state index contributed by atoms with van der Waals surface area (Å²) in [6, 6.07) is 4.31. The summed E-state index contributed by atoms with van der Waals surface area (Å²) in [5.41, 5.74) is 0.529. The lowest BCUT2D eigenvalue weighted by molar-refractivity contribution is 0.0949. The molecule has 1 N–H and O–H groups in total. The van der Waals surface area contributed by atoms with Crippen LogP contribution in [-0.4, -0.2) is 35.0 Å². The van der Waals surface area contributed by atoms with Gasteiger partial charge >= 0.3 is 0 Å². The summed E-state index contributed by atoms with van der Waals surface area (Å²) in [6.07, 6.45) is 9.39. The van der Waals surface area contributed by atoms with E-state index in [4.69, 9.17) is 0 Å². The molecule has 0 spiro atoms. The summed E-state index contributed by atoms with van der Waals surface area (Å²) in [6.45, 7) is 0.356. The van der Waals surface area contributed by atoms with Gasteiger partial charge in [-0.1, -0.05) is 0 Å². The molecule has 1 saturated carbocycles. The maximum atomic E-state index is 12.5. The highest BCUT2D eigenvalue weighted by atomic mass is 16.1. The Morgan fingerprint density at radius 3 is 2.87 bits per heavy atom. The fraction of sp³-hybridized carbons (Fsp3) is 0.333. The molecule has 0 radical (unpaired) electrons. The van der Waals surface area contributed by atoms with E-state index in [1.165, 1.54) is 0 Å². The first-order valence-electron chi connectivity index (χ1n) is 7.56. The Kier molecular flexibility index (Phi) is 3.22. The Labute approximate surface area is 132 Å². The van der Waals surface area contributed by atoms with E-state index in [0.717, 1.165) is 24.5 Å². The largest absolute Gasteiger partial charge is 0.345 e. The van der Waals surface area contributed by atoms with Gasteiger partial charge in [0.25, 0.3) is 5.91 Å². The number of rotatable bonds is 5. The normalized spacial score (nSPS) is 14.1. The van der Waals surface area contributed by atoms with Crippen LogP contribution in [0.5, 0.6) is 0 Å². The second-order valence-electron chi connectivity index (χ2n) is 5.66. The van der Waals surface area contributed by atoms with E-state index < -0.39 is 0 Å². The lowest BCUT2D eigenvalue weighted by Gasteiger charge is -2.09. The van der Waals surface area contributed by atoms with Crippen LogP contribution in [0.3, 0.4) is 0 Å². The third-order valence-corrected chi connectivity index (χ3v) is 4.00. The third-order valence-electron chi connectivity index (χ3n) is 4.00. The molecule has 1 aliphatic rings. The number of aromatic nitrogens is 6. The second kappa shape index (κ2) is 5.38. The Morgan fingerprint density at radius 2 is 2.13 bits per heavy atom. The van der Waals surface area contributed by atoms with Crippen molar-refractivity contribution in [2.75, 3.05) is 0 Å². The number of hydrogen-bond acceptors (Lipinski definition) is 4. The van der Waals surface area contributed by atoms with Crippen LogP contribution in [0.2, 0.25) is 0 Å². The Hall–Kier alpha value is -2.90. The third kappa shape index (κ3) is 2.52. The molecule has 118 valence electrons. The highest BCUT2D eigenvalue weighted by molar-refractivity contribution is 5.97. The number of aryl methyl sites for hydroxylation is 1. The van der Waals surface area contributed by atoms with Gasteiger partial charge in [-0.25, -0.2) is 0 Å². The Morgan fingerprint density at radius 1 is 1.35 bits per heavy atom. The Balaban J connectivity index is 1.53. The molecule has 3 aromatic heterocycles. The molecular weight excluding hydrogens is 294 g/mol. The highest BCUT2D eigenvalue weighted by Crippen LogP contribution is 2.35.